The lowest BCUT2D eigenvalue weighted by atomic mass is 10.0. The van der Waals surface area contributed by atoms with E-state index in [-0.39, 0.29) is 18.4 Å². The molecule has 1 N–H and O–H groups in total. The van der Waals surface area contributed by atoms with E-state index in [1.165, 1.54) is 11.8 Å². The van der Waals surface area contributed by atoms with Crippen molar-refractivity contribution in [2.75, 3.05) is 16.8 Å². The van der Waals surface area contributed by atoms with Gasteiger partial charge in [0.2, 0.25) is 11.8 Å². The van der Waals surface area contributed by atoms with Crippen molar-refractivity contribution in [3.05, 3.63) is 58.7 Å². The molecule has 128 valence electrons. The van der Waals surface area contributed by atoms with E-state index in [2.05, 4.69) is 5.32 Å². The van der Waals surface area contributed by atoms with Crippen LogP contribution in [0, 0.1) is 32.1 Å². The highest BCUT2D eigenvalue weighted by atomic mass is 16.2. The first kappa shape index (κ1) is 18.2. The summed E-state index contributed by atoms with van der Waals surface area (Å²) in [5.41, 5.74) is 4.77. The van der Waals surface area contributed by atoms with Gasteiger partial charge in [0.25, 0.3) is 0 Å². The highest BCUT2D eigenvalue weighted by Gasteiger charge is 2.20. The van der Waals surface area contributed by atoms with E-state index in [0.29, 0.717) is 11.3 Å². The van der Waals surface area contributed by atoms with E-state index < -0.39 is 0 Å². The molecule has 5 nitrogen and oxygen atoms in total. The third kappa shape index (κ3) is 4.45. The smallest absolute Gasteiger partial charge is 0.244 e. The van der Waals surface area contributed by atoms with Crippen molar-refractivity contribution >= 4 is 23.2 Å². The molecule has 2 aromatic rings. The Morgan fingerprint density at radius 1 is 1.12 bits per heavy atom. The molecule has 0 aliphatic carbocycles. The third-order valence-corrected chi connectivity index (χ3v) is 3.86. The van der Waals surface area contributed by atoms with Gasteiger partial charge in [0.15, 0.2) is 0 Å². The van der Waals surface area contributed by atoms with Gasteiger partial charge in [-0.25, -0.2) is 0 Å². The van der Waals surface area contributed by atoms with Gasteiger partial charge >= 0.3 is 0 Å². The molecule has 0 radical (unpaired) electrons. The minimum atomic E-state index is -0.315. The number of amides is 2. The van der Waals surface area contributed by atoms with Crippen molar-refractivity contribution in [3.8, 4) is 6.07 Å². The molecule has 0 bridgehead atoms. The summed E-state index contributed by atoms with van der Waals surface area (Å²) in [4.78, 5) is 26.0. The van der Waals surface area contributed by atoms with Crippen LogP contribution in [0.1, 0.15) is 29.2 Å². The third-order valence-electron chi connectivity index (χ3n) is 3.86. The van der Waals surface area contributed by atoms with E-state index in [1.54, 1.807) is 24.3 Å². The molecule has 2 aromatic carbocycles. The van der Waals surface area contributed by atoms with Crippen LogP contribution in [-0.2, 0) is 9.59 Å². The van der Waals surface area contributed by atoms with Gasteiger partial charge in [-0.1, -0.05) is 23.8 Å². The van der Waals surface area contributed by atoms with Crippen LogP contribution < -0.4 is 10.2 Å². The Hall–Kier alpha value is -3.13. The number of anilines is 2. The van der Waals surface area contributed by atoms with Crippen molar-refractivity contribution < 1.29 is 9.59 Å². The monoisotopic (exact) mass is 335 g/mol. The van der Waals surface area contributed by atoms with Gasteiger partial charge in [-0.05, 0) is 50.1 Å². The lowest BCUT2D eigenvalue weighted by Crippen LogP contribution is -2.37. The van der Waals surface area contributed by atoms with E-state index in [0.717, 1.165) is 22.4 Å². The van der Waals surface area contributed by atoms with Crippen LogP contribution in [0.2, 0.25) is 0 Å². The summed E-state index contributed by atoms with van der Waals surface area (Å²) >= 11 is 0. The molecule has 0 heterocycles. The van der Waals surface area contributed by atoms with Crippen molar-refractivity contribution in [1.29, 1.82) is 5.26 Å². The Labute approximate surface area is 147 Å². The molecular formula is C20H21N3O2. The normalized spacial score (nSPS) is 10.0. The van der Waals surface area contributed by atoms with Crippen LogP contribution in [0.5, 0.6) is 0 Å². The summed E-state index contributed by atoms with van der Waals surface area (Å²) in [6.45, 7) is 7.22. The van der Waals surface area contributed by atoms with Crippen LogP contribution in [0.15, 0.2) is 36.4 Å². The van der Waals surface area contributed by atoms with Gasteiger partial charge in [0.1, 0.15) is 6.54 Å². The van der Waals surface area contributed by atoms with Crippen molar-refractivity contribution in [1.82, 2.24) is 0 Å². The van der Waals surface area contributed by atoms with Crippen LogP contribution in [0.4, 0.5) is 11.4 Å². The largest absolute Gasteiger partial charge is 0.324 e. The van der Waals surface area contributed by atoms with E-state index >= 15 is 0 Å². The summed E-state index contributed by atoms with van der Waals surface area (Å²) < 4.78 is 0. The van der Waals surface area contributed by atoms with E-state index in [1.807, 2.05) is 39.0 Å². The average Bonchev–Trinajstić information content (AvgIpc) is 2.53. The predicted molar refractivity (Wildman–Crippen MR) is 98.5 cm³/mol. The number of rotatable bonds is 4. The van der Waals surface area contributed by atoms with Crippen LogP contribution >= 0.6 is 0 Å². The molecule has 0 spiro atoms. The fraction of sp³-hybridized carbons (Fsp3) is 0.250. The van der Waals surface area contributed by atoms with E-state index in [4.69, 9.17) is 5.26 Å². The fourth-order valence-electron chi connectivity index (χ4n) is 2.96. The highest BCUT2D eigenvalue weighted by Crippen LogP contribution is 2.26. The number of benzene rings is 2. The molecule has 2 rings (SSSR count). The first-order valence-corrected chi connectivity index (χ1v) is 7.97. The molecule has 0 saturated carbocycles. The lowest BCUT2D eigenvalue weighted by molar-refractivity contribution is -0.120. The Morgan fingerprint density at radius 3 is 2.32 bits per heavy atom. The minimum Gasteiger partial charge on any atom is -0.324 e. The van der Waals surface area contributed by atoms with Gasteiger partial charge in [-0.3, -0.25) is 9.59 Å². The zero-order valence-electron chi connectivity index (χ0n) is 14.9. The molecule has 0 atom stereocenters. The molecule has 0 aliphatic heterocycles. The maximum Gasteiger partial charge on any atom is 0.244 e. The average molecular weight is 335 g/mol. The minimum absolute atomic E-state index is 0.0865. The van der Waals surface area contributed by atoms with Crippen molar-refractivity contribution in [2.24, 2.45) is 0 Å². The first-order valence-electron chi connectivity index (χ1n) is 7.97. The summed E-state index contributed by atoms with van der Waals surface area (Å²) in [7, 11) is 0. The zero-order valence-corrected chi connectivity index (χ0v) is 14.9. The molecule has 0 unspecified atom stereocenters. The Bertz CT molecular complexity index is 842. The fourth-order valence-corrected chi connectivity index (χ4v) is 2.96. The van der Waals surface area contributed by atoms with Crippen LogP contribution in [0.3, 0.4) is 0 Å². The highest BCUT2D eigenvalue weighted by molar-refractivity contribution is 6.02. The summed E-state index contributed by atoms with van der Waals surface area (Å²) in [5, 5.41) is 11.7. The molecular weight excluding hydrogens is 314 g/mol. The summed E-state index contributed by atoms with van der Waals surface area (Å²) in [6, 6.07) is 12.7. The van der Waals surface area contributed by atoms with E-state index in [9.17, 15) is 9.59 Å². The molecule has 0 fully saturated rings. The number of hydrogen-bond donors (Lipinski definition) is 1. The number of nitrogens with one attached hydrogen (secondary N) is 1. The first-order chi connectivity index (χ1) is 11.8. The summed E-state index contributed by atoms with van der Waals surface area (Å²) in [6.07, 6.45) is 0. The number of carbonyl (C=O) groups is 2. The SMILES string of the molecule is CC(=O)N(CC(=O)Nc1cccc(C#N)c1)c1c(C)cc(C)cc1C. The molecule has 2 amide bonds. The van der Waals surface area contributed by atoms with Crippen molar-refractivity contribution in [2.45, 2.75) is 27.7 Å². The second-order valence-corrected chi connectivity index (χ2v) is 6.09. The molecule has 0 aromatic heterocycles. The van der Waals surface area contributed by atoms with Gasteiger partial charge in [-0.2, -0.15) is 5.26 Å². The number of carbonyl (C=O) groups excluding carboxylic acids is 2. The Morgan fingerprint density at radius 2 is 1.76 bits per heavy atom. The molecule has 0 aliphatic rings. The lowest BCUT2D eigenvalue weighted by Gasteiger charge is -2.25. The number of hydrogen-bond acceptors (Lipinski definition) is 3. The van der Waals surface area contributed by atoms with Gasteiger partial charge < -0.3 is 10.2 Å². The van der Waals surface area contributed by atoms with Crippen LogP contribution in [0.25, 0.3) is 0 Å². The maximum atomic E-state index is 12.4. The molecule has 25 heavy (non-hydrogen) atoms. The van der Waals surface area contributed by atoms with Gasteiger partial charge in [-0.15, -0.1) is 0 Å². The Balaban J connectivity index is 2.24. The zero-order chi connectivity index (χ0) is 18.6. The second-order valence-electron chi connectivity index (χ2n) is 6.09. The predicted octanol–water partition coefficient (Wildman–Crippen LogP) is 3.48. The van der Waals surface area contributed by atoms with Gasteiger partial charge in [0, 0.05) is 12.6 Å². The molecule has 5 heteroatoms. The topological polar surface area (TPSA) is 73.2 Å². The maximum absolute atomic E-state index is 12.4. The standard InChI is InChI=1S/C20H21N3O2/c1-13-8-14(2)20(15(3)9-13)23(16(4)24)12-19(25)22-18-7-5-6-17(10-18)11-21/h5-10H,12H2,1-4H3,(H,22,25). The van der Waals surface area contributed by atoms with Crippen molar-refractivity contribution in [3.63, 3.8) is 0 Å². The molecule has 0 saturated heterocycles. The summed E-state index contributed by atoms with van der Waals surface area (Å²) in [5.74, 6) is -0.513. The van der Waals surface area contributed by atoms with Gasteiger partial charge in [0.05, 0.1) is 17.3 Å². The quantitative estimate of drug-likeness (QED) is 0.929. The number of nitriles is 1. The Kier molecular flexibility index (Phi) is 5.56. The number of aryl methyl sites for hydroxylation is 3. The van der Waals surface area contributed by atoms with Crippen LogP contribution in [-0.4, -0.2) is 18.4 Å². The number of nitrogens with zero attached hydrogens (tertiary/aromatic N) is 2. The second kappa shape index (κ2) is 7.63.